The monoisotopic (exact) mass is 411 g/mol. The number of anilines is 1. The van der Waals surface area contributed by atoms with Crippen molar-refractivity contribution in [2.45, 2.75) is 31.2 Å². The lowest BCUT2D eigenvalue weighted by molar-refractivity contribution is -0.121. The van der Waals surface area contributed by atoms with E-state index in [9.17, 15) is 9.59 Å². The third kappa shape index (κ3) is 5.40. The fourth-order valence-electron chi connectivity index (χ4n) is 3.49. The molecule has 1 unspecified atom stereocenters. The third-order valence-corrected chi connectivity index (χ3v) is 6.20. The molecular weight excluding hydrogens is 382 g/mol. The van der Waals surface area contributed by atoms with Crippen molar-refractivity contribution in [2.75, 3.05) is 37.8 Å². The predicted octanol–water partition coefficient (Wildman–Crippen LogP) is 3.76. The molecule has 2 aromatic rings. The summed E-state index contributed by atoms with van der Waals surface area (Å²) in [6, 6.07) is 15.5. The van der Waals surface area contributed by atoms with Gasteiger partial charge in [0.2, 0.25) is 5.91 Å². The summed E-state index contributed by atoms with van der Waals surface area (Å²) in [4.78, 5) is 30.5. The minimum atomic E-state index is -0.242. The minimum absolute atomic E-state index is 0.0156. The van der Waals surface area contributed by atoms with Gasteiger partial charge in [-0.15, -0.1) is 11.8 Å². The second-order valence-electron chi connectivity index (χ2n) is 7.28. The van der Waals surface area contributed by atoms with Gasteiger partial charge in [0.1, 0.15) is 0 Å². The number of piperazine rings is 1. The molecule has 2 aromatic carbocycles. The maximum atomic E-state index is 12.7. The number of carbonyl (C=O) groups excluding carboxylic acids is 2. The van der Waals surface area contributed by atoms with Gasteiger partial charge in [-0.3, -0.25) is 14.5 Å². The van der Waals surface area contributed by atoms with Gasteiger partial charge in [-0.2, -0.15) is 0 Å². The summed E-state index contributed by atoms with van der Waals surface area (Å²) in [7, 11) is 0. The minimum Gasteiger partial charge on any atom is -0.336 e. The van der Waals surface area contributed by atoms with Gasteiger partial charge in [0, 0.05) is 42.3 Å². The molecule has 0 aliphatic carbocycles. The van der Waals surface area contributed by atoms with Gasteiger partial charge in [0.15, 0.2) is 0 Å². The number of benzene rings is 2. The Kier molecular flexibility index (Phi) is 7.34. The van der Waals surface area contributed by atoms with Crippen LogP contribution < -0.4 is 5.32 Å². The smallest absolute Gasteiger partial charge is 0.253 e. The Morgan fingerprint density at radius 2 is 1.76 bits per heavy atom. The topological polar surface area (TPSA) is 52.7 Å². The summed E-state index contributed by atoms with van der Waals surface area (Å²) in [6.07, 6.45) is 2.98. The summed E-state index contributed by atoms with van der Waals surface area (Å²) in [6.45, 7) is 6.68. The number of nitrogens with one attached hydrogen (secondary N) is 1. The Morgan fingerprint density at radius 1 is 1.07 bits per heavy atom. The van der Waals surface area contributed by atoms with Crippen molar-refractivity contribution < 1.29 is 9.59 Å². The molecule has 0 bridgehead atoms. The number of amides is 2. The Morgan fingerprint density at radius 3 is 2.38 bits per heavy atom. The van der Waals surface area contributed by atoms with Crippen LogP contribution in [0.3, 0.4) is 0 Å². The highest BCUT2D eigenvalue weighted by molar-refractivity contribution is 7.98. The average molecular weight is 412 g/mol. The summed E-state index contributed by atoms with van der Waals surface area (Å²) in [5.74, 6) is 0.0523. The Hall–Kier alpha value is -2.31. The molecule has 0 radical (unpaired) electrons. The van der Waals surface area contributed by atoms with E-state index in [0.29, 0.717) is 26.2 Å². The number of hydrogen-bond donors (Lipinski definition) is 1. The first kappa shape index (κ1) is 21.4. The lowest BCUT2D eigenvalue weighted by Gasteiger charge is -2.37. The number of rotatable bonds is 6. The van der Waals surface area contributed by atoms with Gasteiger partial charge in [-0.1, -0.05) is 25.1 Å². The van der Waals surface area contributed by atoms with E-state index in [-0.39, 0.29) is 17.9 Å². The van der Waals surface area contributed by atoms with Crippen molar-refractivity contribution in [1.82, 2.24) is 9.80 Å². The average Bonchev–Trinajstić information content (AvgIpc) is 2.78. The van der Waals surface area contributed by atoms with E-state index in [2.05, 4.69) is 17.1 Å². The summed E-state index contributed by atoms with van der Waals surface area (Å²) >= 11 is 1.65. The van der Waals surface area contributed by atoms with E-state index in [0.717, 1.165) is 22.6 Å². The maximum absolute atomic E-state index is 12.7. The molecule has 2 amide bonds. The molecule has 29 heavy (non-hydrogen) atoms. The zero-order chi connectivity index (χ0) is 20.8. The molecule has 154 valence electrons. The first-order chi connectivity index (χ1) is 14.0. The molecule has 1 aliphatic rings. The van der Waals surface area contributed by atoms with E-state index in [1.54, 1.807) is 11.8 Å². The van der Waals surface area contributed by atoms with Gasteiger partial charge in [-0.25, -0.2) is 0 Å². The molecular formula is C23H29N3O2S. The first-order valence-electron chi connectivity index (χ1n) is 10.1. The van der Waals surface area contributed by atoms with E-state index in [1.807, 2.05) is 66.6 Å². The molecule has 0 aromatic heterocycles. The molecule has 5 nitrogen and oxygen atoms in total. The van der Waals surface area contributed by atoms with Crippen LogP contribution in [0.2, 0.25) is 0 Å². The third-order valence-electron chi connectivity index (χ3n) is 5.48. The SMILES string of the molecule is CCc1ccc(C(=O)N2CCN(C(C)C(=O)Nc3cccc(SC)c3)CC2)cc1. The standard InChI is InChI=1S/C23H29N3O2S/c1-4-18-8-10-19(11-9-18)23(28)26-14-12-25(13-15-26)17(2)22(27)24-20-6-5-7-21(16-20)29-3/h5-11,16-17H,4,12-15H2,1-3H3,(H,24,27). The van der Waals surface area contributed by atoms with Crippen molar-refractivity contribution in [2.24, 2.45) is 0 Å². The van der Waals surface area contributed by atoms with Gasteiger partial charge < -0.3 is 10.2 Å². The molecule has 1 saturated heterocycles. The van der Waals surface area contributed by atoms with E-state index in [1.165, 1.54) is 5.56 Å². The van der Waals surface area contributed by atoms with Crippen molar-refractivity contribution >= 4 is 29.3 Å². The fraction of sp³-hybridized carbons (Fsp3) is 0.391. The summed E-state index contributed by atoms with van der Waals surface area (Å²) < 4.78 is 0. The van der Waals surface area contributed by atoms with Gasteiger partial charge in [-0.05, 0) is 55.5 Å². The van der Waals surface area contributed by atoms with Gasteiger partial charge in [0.05, 0.1) is 6.04 Å². The van der Waals surface area contributed by atoms with Gasteiger partial charge >= 0.3 is 0 Å². The molecule has 1 heterocycles. The molecule has 6 heteroatoms. The van der Waals surface area contributed by atoms with Crippen LogP contribution in [0.4, 0.5) is 5.69 Å². The Balaban J connectivity index is 1.53. The van der Waals surface area contributed by atoms with E-state index < -0.39 is 0 Å². The molecule has 1 aliphatic heterocycles. The second-order valence-corrected chi connectivity index (χ2v) is 8.16. The van der Waals surface area contributed by atoms with Crippen LogP contribution >= 0.6 is 11.8 Å². The normalized spacial score (nSPS) is 15.8. The highest BCUT2D eigenvalue weighted by Crippen LogP contribution is 2.20. The Labute approximate surface area is 177 Å². The number of thioether (sulfide) groups is 1. The summed E-state index contributed by atoms with van der Waals surface area (Å²) in [5.41, 5.74) is 2.78. The zero-order valence-corrected chi connectivity index (χ0v) is 18.2. The predicted molar refractivity (Wildman–Crippen MR) is 120 cm³/mol. The number of aryl methyl sites for hydroxylation is 1. The van der Waals surface area contributed by atoms with Crippen LogP contribution in [0, 0.1) is 0 Å². The van der Waals surface area contributed by atoms with Crippen LogP contribution in [0.5, 0.6) is 0 Å². The van der Waals surface area contributed by atoms with Crippen molar-refractivity contribution in [1.29, 1.82) is 0 Å². The van der Waals surface area contributed by atoms with Crippen molar-refractivity contribution in [3.05, 3.63) is 59.7 Å². The van der Waals surface area contributed by atoms with Crippen LogP contribution in [-0.4, -0.2) is 60.1 Å². The van der Waals surface area contributed by atoms with Crippen molar-refractivity contribution in [3.8, 4) is 0 Å². The summed E-state index contributed by atoms with van der Waals surface area (Å²) in [5, 5.41) is 3.01. The zero-order valence-electron chi connectivity index (χ0n) is 17.4. The van der Waals surface area contributed by atoms with Crippen LogP contribution in [0.25, 0.3) is 0 Å². The second kappa shape index (κ2) is 9.94. The number of hydrogen-bond acceptors (Lipinski definition) is 4. The lowest BCUT2D eigenvalue weighted by atomic mass is 10.1. The van der Waals surface area contributed by atoms with E-state index >= 15 is 0 Å². The molecule has 1 atom stereocenters. The molecule has 1 N–H and O–H groups in total. The first-order valence-corrected chi connectivity index (χ1v) is 11.3. The molecule has 0 spiro atoms. The molecule has 1 fully saturated rings. The molecule has 0 saturated carbocycles. The fourth-order valence-corrected chi connectivity index (χ4v) is 3.95. The van der Waals surface area contributed by atoms with E-state index in [4.69, 9.17) is 0 Å². The largest absolute Gasteiger partial charge is 0.336 e. The van der Waals surface area contributed by atoms with Crippen LogP contribution in [0.15, 0.2) is 53.4 Å². The highest BCUT2D eigenvalue weighted by Gasteiger charge is 2.28. The van der Waals surface area contributed by atoms with Crippen molar-refractivity contribution in [3.63, 3.8) is 0 Å². The van der Waals surface area contributed by atoms with Crippen LogP contribution in [-0.2, 0) is 11.2 Å². The Bertz CT molecular complexity index is 845. The number of nitrogens with zero attached hydrogens (tertiary/aromatic N) is 2. The molecule has 3 rings (SSSR count). The lowest BCUT2D eigenvalue weighted by Crippen LogP contribution is -2.54. The quantitative estimate of drug-likeness (QED) is 0.736. The highest BCUT2D eigenvalue weighted by atomic mass is 32.2. The maximum Gasteiger partial charge on any atom is 0.253 e. The van der Waals surface area contributed by atoms with Crippen LogP contribution in [0.1, 0.15) is 29.8 Å². The van der Waals surface area contributed by atoms with Gasteiger partial charge in [0.25, 0.3) is 5.91 Å². The number of carbonyl (C=O) groups is 2.